The van der Waals surface area contributed by atoms with Crippen molar-refractivity contribution in [1.82, 2.24) is 10.2 Å². The van der Waals surface area contributed by atoms with Crippen molar-refractivity contribution in [2.24, 2.45) is 0 Å². The summed E-state index contributed by atoms with van der Waals surface area (Å²) in [7, 11) is 0. The molecule has 2 aliphatic rings. The SMILES string of the molecule is CCOc1ccccc1NC(=O)Nc1ccc(N2CCN(Cc3ccccc3)CC2)c(C(=O)NC2CCCCC2)c1. The van der Waals surface area contributed by atoms with Gasteiger partial charge in [-0.1, -0.05) is 61.7 Å². The third-order valence-corrected chi connectivity index (χ3v) is 7.84. The number of amides is 3. The molecule has 5 rings (SSSR count). The number of piperazine rings is 1. The summed E-state index contributed by atoms with van der Waals surface area (Å²) < 4.78 is 5.63. The summed E-state index contributed by atoms with van der Waals surface area (Å²) in [5.41, 5.74) is 3.97. The Balaban J connectivity index is 1.30. The molecule has 3 aromatic rings. The first-order valence-electron chi connectivity index (χ1n) is 14.8. The number of carbonyl (C=O) groups excluding carboxylic acids is 2. The van der Waals surface area contributed by atoms with Gasteiger partial charge in [0.15, 0.2) is 0 Å². The van der Waals surface area contributed by atoms with Crippen molar-refractivity contribution in [2.75, 3.05) is 48.3 Å². The van der Waals surface area contributed by atoms with Crippen molar-refractivity contribution in [2.45, 2.75) is 51.6 Å². The molecule has 3 N–H and O–H groups in total. The molecule has 41 heavy (non-hydrogen) atoms. The number of nitrogens with one attached hydrogen (secondary N) is 3. The summed E-state index contributed by atoms with van der Waals surface area (Å²) in [5, 5.41) is 9.06. The molecule has 1 saturated heterocycles. The largest absolute Gasteiger partial charge is 0.492 e. The van der Waals surface area contributed by atoms with Crippen LogP contribution in [0.3, 0.4) is 0 Å². The number of para-hydroxylation sites is 2. The zero-order valence-corrected chi connectivity index (χ0v) is 23.9. The Morgan fingerprint density at radius 3 is 2.34 bits per heavy atom. The first-order chi connectivity index (χ1) is 20.1. The molecule has 1 saturated carbocycles. The molecule has 0 atom stereocenters. The summed E-state index contributed by atoms with van der Waals surface area (Å²) in [6.07, 6.45) is 5.54. The lowest BCUT2D eigenvalue weighted by Gasteiger charge is -2.37. The number of carbonyl (C=O) groups is 2. The number of hydrogen-bond donors (Lipinski definition) is 3. The molecular formula is C33H41N5O3. The van der Waals surface area contributed by atoms with Crippen molar-refractivity contribution in [3.63, 3.8) is 0 Å². The first-order valence-corrected chi connectivity index (χ1v) is 14.8. The molecule has 0 bridgehead atoms. The molecule has 216 valence electrons. The molecule has 8 nitrogen and oxygen atoms in total. The van der Waals surface area contributed by atoms with E-state index in [1.807, 2.05) is 43.3 Å². The maximum absolute atomic E-state index is 13.6. The van der Waals surface area contributed by atoms with Crippen LogP contribution in [0.5, 0.6) is 5.75 Å². The van der Waals surface area contributed by atoms with E-state index in [-0.39, 0.29) is 11.9 Å². The lowest BCUT2D eigenvalue weighted by Crippen LogP contribution is -2.46. The Bertz CT molecular complexity index is 1300. The summed E-state index contributed by atoms with van der Waals surface area (Å²) >= 11 is 0. The van der Waals surface area contributed by atoms with Gasteiger partial charge in [-0.25, -0.2) is 4.79 Å². The van der Waals surface area contributed by atoms with Crippen LogP contribution in [-0.4, -0.2) is 55.7 Å². The maximum Gasteiger partial charge on any atom is 0.323 e. The van der Waals surface area contributed by atoms with Gasteiger partial charge in [0.1, 0.15) is 5.75 Å². The fourth-order valence-electron chi connectivity index (χ4n) is 5.71. The molecule has 0 unspecified atom stereocenters. The van der Waals surface area contributed by atoms with E-state index in [1.54, 1.807) is 12.1 Å². The van der Waals surface area contributed by atoms with E-state index in [0.29, 0.717) is 29.3 Å². The molecule has 0 radical (unpaired) electrons. The second kappa shape index (κ2) is 14.0. The third kappa shape index (κ3) is 7.79. The van der Waals surface area contributed by atoms with Crippen LogP contribution in [-0.2, 0) is 6.54 Å². The van der Waals surface area contributed by atoms with Crippen LogP contribution in [0.15, 0.2) is 72.8 Å². The fourth-order valence-corrected chi connectivity index (χ4v) is 5.71. The molecule has 0 spiro atoms. The normalized spacial score (nSPS) is 16.2. The predicted molar refractivity (Wildman–Crippen MR) is 165 cm³/mol. The van der Waals surface area contributed by atoms with Crippen LogP contribution in [0, 0.1) is 0 Å². The van der Waals surface area contributed by atoms with Gasteiger partial charge in [0.25, 0.3) is 5.91 Å². The molecule has 3 aromatic carbocycles. The minimum atomic E-state index is -0.391. The summed E-state index contributed by atoms with van der Waals surface area (Å²) in [4.78, 5) is 31.3. The van der Waals surface area contributed by atoms with E-state index in [2.05, 4.69) is 50.0 Å². The van der Waals surface area contributed by atoms with E-state index in [9.17, 15) is 9.59 Å². The maximum atomic E-state index is 13.6. The van der Waals surface area contributed by atoms with Crippen molar-refractivity contribution >= 4 is 29.0 Å². The van der Waals surface area contributed by atoms with Gasteiger partial charge in [0.05, 0.1) is 17.9 Å². The molecule has 1 heterocycles. The van der Waals surface area contributed by atoms with Gasteiger partial charge >= 0.3 is 6.03 Å². The van der Waals surface area contributed by atoms with Gasteiger partial charge in [0.2, 0.25) is 0 Å². The Kier molecular flexibility index (Phi) is 9.75. The topological polar surface area (TPSA) is 85.9 Å². The summed E-state index contributed by atoms with van der Waals surface area (Å²) in [5.74, 6) is 0.531. The van der Waals surface area contributed by atoms with Crippen LogP contribution in [0.25, 0.3) is 0 Å². The van der Waals surface area contributed by atoms with Gasteiger partial charge in [-0.2, -0.15) is 0 Å². The molecule has 3 amide bonds. The van der Waals surface area contributed by atoms with E-state index in [1.165, 1.54) is 12.0 Å². The summed E-state index contributed by atoms with van der Waals surface area (Å²) in [6, 6.07) is 23.3. The highest BCUT2D eigenvalue weighted by Gasteiger charge is 2.24. The van der Waals surface area contributed by atoms with Crippen molar-refractivity contribution in [3.8, 4) is 5.75 Å². The van der Waals surface area contributed by atoms with Crippen LogP contribution in [0.2, 0.25) is 0 Å². The number of rotatable bonds is 9. The number of nitrogens with zero attached hydrogens (tertiary/aromatic N) is 2. The van der Waals surface area contributed by atoms with Crippen molar-refractivity contribution < 1.29 is 14.3 Å². The second-order valence-corrected chi connectivity index (χ2v) is 10.8. The Labute approximate surface area is 243 Å². The predicted octanol–water partition coefficient (Wildman–Crippen LogP) is 6.11. The monoisotopic (exact) mass is 555 g/mol. The number of benzene rings is 3. The van der Waals surface area contributed by atoms with Crippen LogP contribution < -0.4 is 25.6 Å². The highest BCUT2D eigenvalue weighted by molar-refractivity contribution is 6.04. The van der Waals surface area contributed by atoms with Crippen LogP contribution >= 0.6 is 0 Å². The number of hydrogen-bond acceptors (Lipinski definition) is 5. The molecule has 1 aliphatic carbocycles. The molecule has 8 heteroatoms. The second-order valence-electron chi connectivity index (χ2n) is 10.8. The van der Waals surface area contributed by atoms with E-state index >= 15 is 0 Å². The Morgan fingerprint density at radius 2 is 1.59 bits per heavy atom. The van der Waals surface area contributed by atoms with Gasteiger partial charge in [-0.3, -0.25) is 9.69 Å². The number of urea groups is 1. The summed E-state index contributed by atoms with van der Waals surface area (Å²) in [6.45, 7) is 6.83. The van der Waals surface area contributed by atoms with Crippen LogP contribution in [0.1, 0.15) is 54.9 Å². The van der Waals surface area contributed by atoms with E-state index in [4.69, 9.17) is 4.74 Å². The van der Waals surface area contributed by atoms with Crippen molar-refractivity contribution in [3.05, 3.63) is 83.9 Å². The average Bonchev–Trinajstić information content (AvgIpc) is 3.00. The molecule has 2 fully saturated rings. The Morgan fingerprint density at radius 1 is 0.854 bits per heavy atom. The number of anilines is 3. The van der Waals surface area contributed by atoms with Gasteiger partial charge in [-0.05, 0) is 55.7 Å². The fraction of sp³-hybridized carbons (Fsp3) is 0.394. The minimum Gasteiger partial charge on any atom is -0.492 e. The lowest BCUT2D eigenvalue weighted by atomic mass is 9.95. The molecule has 1 aliphatic heterocycles. The lowest BCUT2D eigenvalue weighted by molar-refractivity contribution is 0.0928. The average molecular weight is 556 g/mol. The number of ether oxygens (including phenoxy) is 1. The Hall–Kier alpha value is -4.04. The smallest absolute Gasteiger partial charge is 0.323 e. The third-order valence-electron chi connectivity index (χ3n) is 7.84. The molecular weight excluding hydrogens is 514 g/mol. The highest BCUT2D eigenvalue weighted by Crippen LogP contribution is 2.28. The highest BCUT2D eigenvalue weighted by atomic mass is 16.5. The first kappa shape index (κ1) is 28.5. The van der Waals surface area contributed by atoms with Crippen molar-refractivity contribution in [1.29, 1.82) is 0 Å². The van der Waals surface area contributed by atoms with E-state index < -0.39 is 6.03 Å². The van der Waals surface area contributed by atoms with Crippen LogP contribution in [0.4, 0.5) is 21.9 Å². The minimum absolute atomic E-state index is 0.0793. The van der Waals surface area contributed by atoms with E-state index in [0.717, 1.165) is 64.1 Å². The van der Waals surface area contributed by atoms with Gasteiger partial charge in [0, 0.05) is 50.1 Å². The zero-order valence-electron chi connectivity index (χ0n) is 23.9. The van der Waals surface area contributed by atoms with Gasteiger partial charge in [-0.15, -0.1) is 0 Å². The zero-order chi connectivity index (χ0) is 28.4. The standard InChI is InChI=1S/C33H41N5O3/c1-2-41-31-16-10-9-15-29(31)36-33(40)35-27-17-18-30(28(23-27)32(39)34-26-13-7-4-8-14-26)38-21-19-37(20-22-38)24-25-11-5-3-6-12-25/h3,5-6,9-12,15-18,23,26H,2,4,7-8,13-14,19-22,24H2,1H3,(H,34,39)(H2,35,36,40). The molecule has 0 aromatic heterocycles. The quantitative estimate of drug-likeness (QED) is 0.296. The van der Waals surface area contributed by atoms with Gasteiger partial charge < -0.3 is 25.6 Å².